The lowest BCUT2D eigenvalue weighted by Crippen LogP contribution is -2.35. The van der Waals surface area contributed by atoms with Crippen molar-refractivity contribution in [1.82, 2.24) is 9.55 Å². The van der Waals surface area contributed by atoms with Gasteiger partial charge in [-0.25, -0.2) is 4.98 Å². The van der Waals surface area contributed by atoms with Crippen molar-refractivity contribution in [1.29, 1.82) is 5.26 Å². The first-order valence-electron chi connectivity index (χ1n) is 9.01. The number of nitrogens with zero attached hydrogens (tertiary/aromatic N) is 4. The van der Waals surface area contributed by atoms with Crippen molar-refractivity contribution >= 4 is 16.7 Å². The molecule has 0 spiro atoms. The van der Waals surface area contributed by atoms with E-state index in [0.717, 1.165) is 43.4 Å². The molecule has 1 aliphatic heterocycles. The lowest BCUT2D eigenvalue weighted by molar-refractivity contribution is 0.395. The average Bonchev–Trinajstić information content (AvgIpc) is 3.07. The Morgan fingerprint density at radius 2 is 1.80 bits per heavy atom. The molecule has 1 aliphatic rings. The van der Waals surface area contributed by atoms with E-state index in [1.54, 1.807) is 0 Å². The van der Waals surface area contributed by atoms with Crippen LogP contribution in [0, 0.1) is 11.3 Å². The third-order valence-corrected chi connectivity index (χ3v) is 5.18. The number of benzene rings is 2. The van der Waals surface area contributed by atoms with Crippen LogP contribution in [-0.4, -0.2) is 22.6 Å². The van der Waals surface area contributed by atoms with Crippen LogP contribution in [0.1, 0.15) is 37.2 Å². The number of aryl methyl sites for hydroxylation is 1. The van der Waals surface area contributed by atoms with Gasteiger partial charge in [-0.3, -0.25) is 0 Å². The van der Waals surface area contributed by atoms with Crippen molar-refractivity contribution in [2.24, 2.45) is 0 Å². The van der Waals surface area contributed by atoms with E-state index in [4.69, 9.17) is 10.2 Å². The van der Waals surface area contributed by atoms with E-state index in [9.17, 15) is 0 Å². The minimum absolute atomic E-state index is 0.511. The maximum atomic E-state index is 8.94. The van der Waals surface area contributed by atoms with Gasteiger partial charge in [0, 0.05) is 31.2 Å². The summed E-state index contributed by atoms with van der Waals surface area (Å²) >= 11 is 0. The highest BCUT2D eigenvalue weighted by Crippen LogP contribution is 2.31. The van der Waals surface area contributed by atoms with Gasteiger partial charge in [-0.1, -0.05) is 19.1 Å². The maximum absolute atomic E-state index is 8.94. The Kier molecular flexibility index (Phi) is 4.15. The van der Waals surface area contributed by atoms with Gasteiger partial charge in [0.25, 0.3) is 0 Å². The van der Waals surface area contributed by atoms with Gasteiger partial charge in [0.1, 0.15) is 5.82 Å². The van der Waals surface area contributed by atoms with Crippen LogP contribution < -0.4 is 4.90 Å². The van der Waals surface area contributed by atoms with E-state index >= 15 is 0 Å². The zero-order valence-corrected chi connectivity index (χ0v) is 14.5. The highest BCUT2D eigenvalue weighted by molar-refractivity contribution is 5.76. The Morgan fingerprint density at radius 1 is 1.08 bits per heavy atom. The number of anilines is 1. The van der Waals surface area contributed by atoms with Gasteiger partial charge in [0.05, 0.1) is 22.7 Å². The molecule has 1 saturated heterocycles. The molecule has 0 aliphatic carbocycles. The van der Waals surface area contributed by atoms with E-state index in [0.29, 0.717) is 6.04 Å². The van der Waals surface area contributed by atoms with Gasteiger partial charge in [0.2, 0.25) is 0 Å². The second-order valence-corrected chi connectivity index (χ2v) is 6.62. The van der Waals surface area contributed by atoms with Gasteiger partial charge < -0.3 is 9.47 Å². The van der Waals surface area contributed by atoms with Gasteiger partial charge in [-0.15, -0.1) is 0 Å². The fourth-order valence-corrected chi connectivity index (χ4v) is 3.88. The number of para-hydroxylation sites is 2. The lowest BCUT2D eigenvalue weighted by atomic mass is 10.0. The molecule has 25 heavy (non-hydrogen) atoms. The molecule has 2 heterocycles. The summed E-state index contributed by atoms with van der Waals surface area (Å²) in [7, 11) is 0. The first kappa shape index (κ1) is 15.7. The smallest absolute Gasteiger partial charge is 0.109 e. The summed E-state index contributed by atoms with van der Waals surface area (Å²) in [5.41, 5.74) is 4.30. The normalized spacial score (nSPS) is 15.4. The Labute approximate surface area is 148 Å². The molecule has 0 amide bonds. The van der Waals surface area contributed by atoms with E-state index in [1.165, 1.54) is 17.0 Å². The van der Waals surface area contributed by atoms with Gasteiger partial charge >= 0.3 is 0 Å². The van der Waals surface area contributed by atoms with Crippen LogP contribution in [0.15, 0.2) is 48.5 Å². The molecule has 4 heteroatoms. The fourth-order valence-electron chi connectivity index (χ4n) is 3.88. The Hall–Kier alpha value is -2.80. The van der Waals surface area contributed by atoms with Gasteiger partial charge in [0.15, 0.2) is 0 Å². The summed E-state index contributed by atoms with van der Waals surface area (Å²) in [4.78, 5) is 7.24. The second kappa shape index (κ2) is 6.60. The number of imidazole rings is 1. The first-order valence-corrected chi connectivity index (χ1v) is 9.01. The molecular weight excluding hydrogens is 308 g/mol. The standard InChI is InChI=1S/C21H22N4/c1-2-21-23-19-5-3-4-6-20(19)25(21)18-11-13-24(14-12-18)17-9-7-16(15-22)8-10-17/h3-10,18H,2,11-14H2,1H3. The summed E-state index contributed by atoms with van der Waals surface area (Å²) in [6.07, 6.45) is 3.20. The minimum Gasteiger partial charge on any atom is -0.371 e. The predicted molar refractivity (Wildman–Crippen MR) is 101 cm³/mol. The van der Waals surface area contributed by atoms with Crippen LogP contribution in [0.4, 0.5) is 5.69 Å². The molecule has 2 aromatic carbocycles. The topological polar surface area (TPSA) is 44.9 Å². The zero-order chi connectivity index (χ0) is 17.2. The third kappa shape index (κ3) is 2.87. The van der Waals surface area contributed by atoms with Crippen LogP contribution in [0.25, 0.3) is 11.0 Å². The zero-order valence-electron chi connectivity index (χ0n) is 14.5. The number of hydrogen-bond donors (Lipinski definition) is 0. The van der Waals surface area contributed by atoms with Crippen LogP contribution >= 0.6 is 0 Å². The molecule has 3 aromatic rings. The molecule has 0 saturated carbocycles. The molecule has 0 atom stereocenters. The summed E-state index contributed by atoms with van der Waals surface area (Å²) in [6, 6.07) is 19.1. The maximum Gasteiger partial charge on any atom is 0.109 e. The van der Waals surface area contributed by atoms with Crippen LogP contribution in [0.2, 0.25) is 0 Å². The minimum atomic E-state index is 0.511. The van der Waals surface area contributed by atoms with E-state index in [-0.39, 0.29) is 0 Å². The SMILES string of the molecule is CCc1nc2ccccc2n1C1CCN(c2ccc(C#N)cc2)CC1. The van der Waals surface area contributed by atoms with Crippen LogP contribution in [0.3, 0.4) is 0 Å². The molecule has 0 bridgehead atoms. The number of fused-ring (bicyclic) bond motifs is 1. The molecule has 4 rings (SSSR count). The number of piperidine rings is 1. The second-order valence-electron chi connectivity index (χ2n) is 6.62. The highest BCUT2D eigenvalue weighted by atomic mass is 15.2. The van der Waals surface area contributed by atoms with E-state index in [2.05, 4.69) is 58.9 Å². The molecule has 0 unspecified atom stereocenters. The van der Waals surface area contributed by atoms with Crippen molar-refractivity contribution < 1.29 is 0 Å². The number of nitriles is 1. The molecule has 4 nitrogen and oxygen atoms in total. The van der Waals surface area contributed by atoms with Crippen molar-refractivity contribution in [2.75, 3.05) is 18.0 Å². The lowest BCUT2D eigenvalue weighted by Gasteiger charge is -2.35. The number of rotatable bonds is 3. The van der Waals surface area contributed by atoms with Crippen LogP contribution in [0.5, 0.6) is 0 Å². The molecule has 1 fully saturated rings. The average molecular weight is 330 g/mol. The van der Waals surface area contributed by atoms with Crippen molar-refractivity contribution in [3.8, 4) is 6.07 Å². The Bertz CT molecular complexity index is 909. The summed E-state index contributed by atoms with van der Waals surface area (Å²) < 4.78 is 2.46. The first-order chi connectivity index (χ1) is 12.3. The summed E-state index contributed by atoms with van der Waals surface area (Å²) in [5.74, 6) is 1.19. The Morgan fingerprint density at radius 3 is 2.48 bits per heavy atom. The molecule has 0 radical (unpaired) electrons. The Balaban J connectivity index is 1.55. The van der Waals surface area contributed by atoms with Gasteiger partial charge in [-0.05, 0) is 49.2 Å². The van der Waals surface area contributed by atoms with Crippen molar-refractivity contribution in [3.05, 3.63) is 59.9 Å². The quantitative estimate of drug-likeness (QED) is 0.719. The van der Waals surface area contributed by atoms with Crippen molar-refractivity contribution in [3.63, 3.8) is 0 Å². The van der Waals surface area contributed by atoms with E-state index < -0.39 is 0 Å². The van der Waals surface area contributed by atoms with Crippen LogP contribution in [-0.2, 0) is 6.42 Å². The molecule has 0 N–H and O–H groups in total. The van der Waals surface area contributed by atoms with E-state index in [1.807, 2.05) is 12.1 Å². The predicted octanol–water partition coefficient (Wildman–Crippen LogP) is 4.31. The monoisotopic (exact) mass is 330 g/mol. The highest BCUT2D eigenvalue weighted by Gasteiger charge is 2.24. The van der Waals surface area contributed by atoms with Crippen molar-refractivity contribution in [2.45, 2.75) is 32.2 Å². The number of hydrogen-bond acceptors (Lipinski definition) is 3. The summed E-state index contributed by atoms with van der Waals surface area (Å²) in [6.45, 7) is 4.25. The molecule has 126 valence electrons. The molecular formula is C21H22N4. The van der Waals surface area contributed by atoms with Gasteiger partial charge in [-0.2, -0.15) is 5.26 Å². The summed E-state index contributed by atoms with van der Waals surface area (Å²) in [5, 5.41) is 8.94. The fraction of sp³-hybridized carbons (Fsp3) is 0.333. The molecule has 1 aromatic heterocycles. The third-order valence-electron chi connectivity index (χ3n) is 5.18. The number of aromatic nitrogens is 2. The largest absolute Gasteiger partial charge is 0.371 e.